The molecule has 0 unspecified atom stereocenters. The summed E-state index contributed by atoms with van der Waals surface area (Å²) in [5.74, 6) is 0.921. The summed E-state index contributed by atoms with van der Waals surface area (Å²) in [5, 5.41) is 3.43. The Hall–Kier alpha value is -2.81. The summed E-state index contributed by atoms with van der Waals surface area (Å²) < 4.78 is 6.32. The standard InChI is InChI=1S/C33H36BrN5O.ClH/c1-40-20-19-39-17-15-38(16-18-39)14-13-24-9-11-28(12-10-24)36-33-35-23-26-22-31(25-5-4-6-27(34)21-25)29-7-2-3-8-30(29)32(26)37-33;/h2-12,21,23,31H,13-20,22H2,1H3,(H,35,36,37);1H/t31-;/m0./s1. The lowest BCUT2D eigenvalue weighted by Gasteiger charge is -2.34. The minimum atomic E-state index is 0. The molecule has 0 bridgehead atoms. The number of hydrogen-bond acceptors (Lipinski definition) is 6. The van der Waals surface area contributed by atoms with Crippen molar-refractivity contribution in [1.82, 2.24) is 19.8 Å². The van der Waals surface area contributed by atoms with Crippen molar-refractivity contribution in [2.45, 2.75) is 18.8 Å². The van der Waals surface area contributed by atoms with Crippen LogP contribution in [0.15, 0.2) is 83.5 Å². The number of halogens is 2. The monoisotopic (exact) mass is 633 g/mol. The molecule has 6 rings (SSSR count). The van der Waals surface area contributed by atoms with Crippen molar-refractivity contribution in [2.75, 3.05) is 58.3 Å². The molecule has 1 fully saturated rings. The molecule has 6 nitrogen and oxygen atoms in total. The first kappa shape index (κ1) is 29.7. The fraction of sp³-hybridized carbons (Fsp3) is 0.333. The average Bonchev–Trinajstić information content (AvgIpc) is 3.00. The van der Waals surface area contributed by atoms with Gasteiger partial charge in [-0.3, -0.25) is 4.90 Å². The molecule has 1 aliphatic heterocycles. The molecule has 8 heteroatoms. The van der Waals surface area contributed by atoms with E-state index >= 15 is 0 Å². The highest BCUT2D eigenvalue weighted by molar-refractivity contribution is 9.10. The van der Waals surface area contributed by atoms with Gasteiger partial charge in [-0.1, -0.05) is 64.5 Å². The quantitative estimate of drug-likeness (QED) is 0.225. The number of rotatable bonds is 9. The number of nitrogens with zero attached hydrogens (tertiary/aromatic N) is 4. The van der Waals surface area contributed by atoms with Gasteiger partial charge in [-0.2, -0.15) is 0 Å². The van der Waals surface area contributed by atoms with Crippen molar-refractivity contribution in [3.8, 4) is 11.3 Å². The molecule has 1 aromatic heterocycles. The summed E-state index contributed by atoms with van der Waals surface area (Å²) in [6, 6.07) is 26.0. The van der Waals surface area contributed by atoms with E-state index in [1.807, 2.05) is 6.20 Å². The van der Waals surface area contributed by atoms with Crippen molar-refractivity contribution < 1.29 is 4.74 Å². The van der Waals surface area contributed by atoms with E-state index < -0.39 is 0 Å². The molecule has 41 heavy (non-hydrogen) atoms. The molecule has 3 aromatic carbocycles. The predicted octanol–water partition coefficient (Wildman–Crippen LogP) is 6.57. The fourth-order valence-electron chi connectivity index (χ4n) is 5.84. The van der Waals surface area contributed by atoms with Gasteiger partial charge in [0.15, 0.2) is 0 Å². The Balaban J connectivity index is 0.00000337. The number of aromatic nitrogens is 2. The third-order valence-electron chi connectivity index (χ3n) is 8.13. The first-order valence-electron chi connectivity index (χ1n) is 14.2. The van der Waals surface area contributed by atoms with Gasteiger partial charge >= 0.3 is 0 Å². The van der Waals surface area contributed by atoms with Gasteiger partial charge in [0.25, 0.3) is 0 Å². The van der Waals surface area contributed by atoms with Crippen LogP contribution >= 0.6 is 28.3 Å². The number of piperazine rings is 1. The lowest BCUT2D eigenvalue weighted by molar-refractivity contribution is 0.0976. The third kappa shape index (κ3) is 7.16. The topological polar surface area (TPSA) is 53.5 Å². The first-order valence-corrected chi connectivity index (χ1v) is 15.0. The van der Waals surface area contributed by atoms with Crippen LogP contribution in [0.4, 0.5) is 11.6 Å². The van der Waals surface area contributed by atoms with Gasteiger partial charge in [0.2, 0.25) is 5.95 Å². The SMILES string of the molecule is COCCN1CCN(CCc2ccc(Nc3ncc4c(n3)-c3ccccc3[C@H](c3cccc(Br)c3)C4)cc2)CC1.Cl. The molecule has 4 aromatic rings. The minimum Gasteiger partial charge on any atom is -0.383 e. The number of hydrogen-bond donors (Lipinski definition) is 1. The zero-order valence-corrected chi connectivity index (χ0v) is 25.8. The highest BCUT2D eigenvalue weighted by atomic mass is 79.9. The lowest BCUT2D eigenvalue weighted by Crippen LogP contribution is -2.47. The van der Waals surface area contributed by atoms with Crippen LogP contribution in [-0.4, -0.2) is 72.8 Å². The average molecular weight is 635 g/mol. The predicted molar refractivity (Wildman–Crippen MR) is 173 cm³/mol. The molecular weight excluding hydrogens is 598 g/mol. The van der Waals surface area contributed by atoms with Gasteiger partial charge in [-0.05, 0) is 59.4 Å². The van der Waals surface area contributed by atoms with E-state index in [0.717, 1.165) is 74.6 Å². The maximum Gasteiger partial charge on any atom is 0.227 e. The first-order chi connectivity index (χ1) is 19.7. The van der Waals surface area contributed by atoms with Crippen LogP contribution in [0.2, 0.25) is 0 Å². The summed E-state index contributed by atoms with van der Waals surface area (Å²) in [7, 11) is 1.77. The van der Waals surface area contributed by atoms with Gasteiger partial charge in [0, 0.05) is 74.2 Å². The van der Waals surface area contributed by atoms with E-state index in [2.05, 4.69) is 104 Å². The Morgan fingerprint density at radius 3 is 2.44 bits per heavy atom. The second-order valence-electron chi connectivity index (χ2n) is 10.7. The Morgan fingerprint density at radius 1 is 0.927 bits per heavy atom. The fourth-order valence-corrected chi connectivity index (χ4v) is 6.26. The number of benzene rings is 3. The number of methoxy groups -OCH3 is 1. The molecule has 0 spiro atoms. The summed E-state index contributed by atoms with van der Waals surface area (Å²) in [4.78, 5) is 14.7. The maximum absolute atomic E-state index is 5.22. The molecule has 1 saturated heterocycles. The van der Waals surface area contributed by atoms with Crippen LogP contribution in [-0.2, 0) is 17.6 Å². The molecule has 2 aliphatic rings. The van der Waals surface area contributed by atoms with Crippen LogP contribution < -0.4 is 5.32 Å². The van der Waals surface area contributed by atoms with Gasteiger partial charge in [-0.25, -0.2) is 9.97 Å². The van der Waals surface area contributed by atoms with Gasteiger partial charge in [-0.15, -0.1) is 12.4 Å². The molecule has 1 aliphatic carbocycles. The summed E-state index contributed by atoms with van der Waals surface area (Å²) >= 11 is 3.64. The normalized spacial score (nSPS) is 16.9. The van der Waals surface area contributed by atoms with E-state index in [4.69, 9.17) is 14.7 Å². The lowest BCUT2D eigenvalue weighted by atomic mass is 9.78. The van der Waals surface area contributed by atoms with E-state index in [1.54, 1.807) is 7.11 Å². The number of fused-ring (bicyclic) bond motifs is 3. The smallest absolute Gasteiger partial charge is 0.227 e. The third-order valence-corrected chi connectivity index (χ3v) is 8.63. The number of ether oxygens (including phenoxy) is 1. The Bertz CT molecular complexity index is 1440. The molecule has 1 atom stereocenters. The van der Waals surface area contributed by atoms with Crippen LogP contribution in [0.5, 0.6) is 0 Å². The Kier molecular flexibility index (Phi) is 10.1. The molecule has 0 radical (unpaired) electrons. The molecule has 1 N–H and O–H groups in total. The number of anilines is 2. The molecule has 0 amide bonds. The van der Waals surface area contributed by atoms with Gasteiger partial charge in [0.05, 0.1) is 12.3 Å². The van der Waals surface area contributed by atoms with Crippen molar-refractivity contribution in [1.29, 1.82) is 0 Å². The zero-order valence-electron chi connectivity index (χ0n) is 23.4. The molecule has 2 heterocycles. The van der Waals surface area contributed by atoms with Crippen LogP contribution in [0.3, 0.4) is 0 Å². The Morgan fingerprint density at radius 2 is 1.68 bits per heavy atom. The van der Waals surface area contributed by atoms with Crippen molar-refractivity contribution in [2.24, 2.45) is 0 Å². The number of nitrogens with one attached hydrogen (secondary N) is 1. The van der Waals surface area contributed by atoms with Crippen LogP contribution in [0, 0.1) is 0 Å². The molecule has 214 valence electrons. The summed E-state index contributed by atoms with van der Waals surface area (Å²) in [5.41, 5.74) is 8.38. The second kappa shape index (κ2) is 13.9. The Labute approximate surface area is 257 Å². The maximum atomic E-state index is 5.22. The van der Waals surface area contributed by atoms with E-state index in [9.17, 15) is 0 Å². The highest BCUT2D eigenvalue weighted by Crippen LogP contribution is 2.42. The van der Waals surface area contributed by atoms with Crippen molar-refractivity contribution in [3.63, 3.8) is 0 Å². The highest BCUT2D eigenvalue weighted by Gasteiger charge is 2.27. The summed E-state index contributed by atoms with van der Waals surface area (Å²) in [6.07, 6.45) is 3.94. The largest absolute Gasteiger partial charge is 0.383 e. The van der Waals surface area contributed by atoms with Gasteiger partial charge < -0.3 is 15.0 Å². The van der Waals surface area contributed by atoms with E-state index in [0.29, 0.717) is 5.95 Å². The van der Waals surface area contributed by atoms with Crippen LogP contribution in [0.1, 0.15) is 28.2 Å². The van der Waals surface area contributed by atoms with E-state index in [1.165, 1.54) is 27.8 Å². The molecular formula is C33H37BrClN5O. The zero-order chi connectivity index (χ0) is 27.3. The van der Waals surface area contributed by atoms with Crippen LogP contribution in [0.25, 0.3) is 11.3 Å². The minimum absolute atomic E-state index is 0. The van der Waals surface area contributed by atoms with Gasteiger partial charge in [0.1, 0.15) is 0 Å². The summed E-state index contributed by atoms with van der Waals surface area (Å²) in [6.45, 7) is 7.46. The second-order valence-corrected chi connectivity index (χ2v) is 11.6. The van der Waals surface area contributed by atoms with Crippen molar-refractivity contribution in [3.05, 3.63) is 106 Å². The van der Waals surface area contributed by atoms with Crippen molar-refractivity contribution >= 4 is 40.0 Å². The molecule has 0 saturated carbocycles. The van der Waals surface area contributed by atoms with E-state index in [-0.39, 0.29) is 18.3 Å².